The molecule has 0 bridgehead atoms. The Morgan fingerprint density at radius 1 is 1.39 bits per heavy atom. The highest BCUT2D eigenvalue weighted by atomic mass is 32.1. The maximum atomic E-state index is 13.0. The Kier molecular flexibility index (Phi) is 6.01. The zero-order chi connectivity index (χ0) is 22.1. The van der Waals surface area contributed by atoms with Crippen LogP contribution in [0.1, 0.15) is 52.8 Å². The van der Waals surface area contributed by atoms with Crippen molar-refractivity contribution in [3.05, 3.63) is 40.4 Å². The van der Waals surface area contributed by atoms with Gasteiger partial charge in [-0.2, -0.15) is 5.10 Å². The highest BCUT2D eigenvalue weighted by Gasteiger charge is 2.32. The molecule has 0 radical (unpaired) electrons. The van der Waals surface area contributed by atoms with Crippen LogP contribution >= 0.6 is 11.3 Å². The van der Waals surface area contributed by atoms with Gasteiger partial charge in [0.15, 0.2) is 5.82 Å². The molecule has 9 nitrogen and oxygen atoms in total. The van der Waals surface area contributed by atoms with Crippen LogP contribution in [-0.4, -0.2) is 75.6 Å². The summed E-state index contributed by atoms with van der Waals surface area (Å²) < 4.78 is 6.05. The van der Waals surface area contributed by atoms with Gasteiger partial charge >= 0.3 is 0 Å². The normalized spacial score (nSPS) is 16.8. The Balaban J connectivity index is 1.58. The first kappa shape index (κ1) is 21.4. The number of nitrogens with one attached hydrogen (secondary N) is 1. The van der Waals surface area contributed by atoms with Crippen LogP contribution in [0.2, 0.25) is 0 Å². The van der Waals surface area contributed by atoms with Crippen LogP contribution in [0.3, 0.4) is 0 Å². The molecule has 31 heavy (non-hydrogen) atoms. The second kappa shape index (κ2) is 8.72. The van der Waals surface area contributed by atoms with Crippen molar-refractivity contribution < 1.29 is 14.3 Å². The van der Waals surface area contributed by atoms with Crippen LogP contribution in [0.4, 0.5) is 0 Å². The van der Waals surface area contributed by atoms with Crippen molar-refractivity contribution in [3.8, 4) is 0 Å². The van der Waals surface area contributed by atoms with E-state index < -0.39 is 6.10 Å². The number of rotatable bonds is 5. The van der Waals surface area contributed by atoms with Gasteiger partial charge in [-0.15, -0.1) is 11.3 Å². The minimum Gasteiger partial charge on any atom is -0.370 e. The zero-order valence-electron chi connectivity index (χ0n) is 18.1. The molecule has 0 aromatic carbocycles. The lowest BCUT2D eigenvalue weighted by Crippen LogP contribution is -2.43. The molecule has 0 aliphatic carbocycles. The molecule has 0 saturated carbocycles. The smallest absolute Gasteiger partial charge is 0.263 e. The van der Waals surface area contributed by atoms with Crippen LogP contribution < -0.4 is 0 Å². The summed E-state index contributed by atoms with van der Waals surface area (Å²) >= 11 is 1.36. The molecule has 1 aliphatic rings. The molecule has 1 saturated heterocycles. The third-order valence-electron chi connectivity index (χ3n) is 5.23. The van der Waals surface area contributed by atoms with Gasteiger partial charge in [-0.05, 0) is 6.07 Å². The number of nitrogens with zero attached hydrogens (tertiary/aromatic N) is 5. The van der Waals surface area contributed by atoms with E-state index in [2.05, 4.69) is 20.2 Å². The van der Waals surface area contributed by atoms with Gasteiger partial charge in [0.2, 0.25) is 5.91 Å². The van der Waals surface area contributed by atoms with Gasteiger partial charge in [-0.3, -0.25) is 14.7 Å². The summed E-state index contributed by atoms with van der Waals surface area (Å²) in [5, 5.41) is 7.93. The van der Waals surface area contributed by atoms with E-state index in [1.807, 2.05) is 26.0 Å². The predicted molar refractivity (Wildman–Crippen MR) is 117 cm³/mol. The number of thiophene rings is 1. The first-order valence-corrected chi connectivity index (χ1v) is 11.1. The van der Waals surface area contributed by atoms with Crippen molar-refractivity contribution in [2.75, 3.05) is 33.8 Å². The van der Waals surface area contributed by atoms with Crippen LogP contribution in [0.25, 0.3) is 10.2 Å². The van der Waals surface area contributed by atoms with Crippen molar-refractivity contribution in [1.82, 2.24) is 30.0 Å². The summed E-state index contributed by atoms with van der Waals surface area (Å²) in [5.41, 5.74) is 0.811. The number of H-pyrrole nitrogens is 1. The standard InChI is InChI=1S/C21H26N6O3S/c1-12(2)19-23-15(24-25-19)10-16(28)27-8-9-30-14(11-27)17-13-6-5-7-22-20(13)31-18(17)21(29)26(3)4/h5-7,12,14H,8-11H2,1-4H3,(H,23,24,25). The maximum Gasteiger partial charge on any atom is 0.263 e. The number of hydrogen-bond donors (Lipinski definition) is 1. The lowest BCUT2D eigenvalue weighted by Gasteiger charge is -2.33. The molecular weight excluding hydrogens is 416 g/mol. The highest BCUT2D eigenvalue weighted by Crippen LogP contribution is 2.37. The monoisotopic (exact) mass is 442 g/mol. The molecule has 3 aromatic heterocycles. The number of ether oxygens (including phenoxy) is 1. The van der Waals surface area contributed by atoms with Crippen molar-refractivity contribution in [2.45, 2.75) is 32.3 Å². The molecule has 10 heteroatoms. The molecule has 1 unspecified atom stereocenters. The largest absolute Gasteiger partial charge is 0.370 e. The Hall–Kier alpha value is -2.85. The van der Waals surface area contributed by atoms with Gasteiger partial charge in [-0.1, -0.05) is 19.9 Å². The summed E-state index contributed by atoms with van der Waals surface area (Å²) in [6, 6.07) is 3.80. The second-order valence-electron chi connectivity index (χ2n) is 8.07. The Labute approximate surface area is 184 Å². The fraction of sp³-hybridized carbons (Fsp3) is 0.476. The Bertz CT molecular complexity index is 1110. The summed E-state index contributed by atoms with van der Waals surface area (Å²) in [7, 11) is 3.45. The number of hydrogen-bond acceptors (Lipinski definition) is 7. The fourth-order valence-electron chi connectivity index (χ4n) is 3.59. The quantitative estimate of drug-likeness (QED) is 0.651. The van der Waals surface area contributed by atoms with Gasteiger partial charge in [0.25, 0.3) is 5.91 Å². The number of aromatic nitrogens is 4. The van der Waals surface area contributed by atoms with E-state index in [-0.39, 0.29) is 24.2 Å². The average molecular weight is 443 g/mol. The molecule has 4 heterocycles. The van der Waals surface area contributed by atoms with E-state index >= 15 is 0 Å². The lowest BCUT2D eigenvalue weighted by atomic mass is 10.0. The zero-order valence-corrected chi connectivity index (χ0v) is 18.9. The van der Waals surface area contributed by atoms with Gasteiger partial charge in [0, 0.05) is 43.7 Å². The molecule has 1 fully saturated rings. The third kappa shape index (κ3) is 4.31. The molecule has 2 amide bonds. The maximum absolute atomic E-state index is 13.0. The van der Waals surface area contributed by atoms with Crippen LogP contribution in [-0.2, 0) is 16.0 Å². The van der Waals surface area contributed by atoms with E-state index in [4.69, 9.17) is 4.74 Å². The van der Waals surface area contributed by atoms with Gasteiger partial charge in [-0.25, -0.2) is 9.97 Å². The molecule has 3 aromatic rings. The van der Waals surface area contributed by atoms with Crippen LogP contribution in [0, 0.1) is 0 Å². The predicted octanol–water partition coefficient (Wildman–Crippen LogP) is 2.38. The van der Waals surface area contributed by atoms with E-state index in [9.17, 15) is 9.59 Å². The average Bonchev–Trinajstić information content (AvgIpc) is 3.38. The number of fused-ring (bicyclic) bond motifs is 1. The van der Waals surface area contributed by atoms with Crippen LogP contribution in [0.5, 0.6) is 0 Å². The van der Waals surface area contributed by atoms with E-state index in [1.165, 1.54) is 11.3 Å². The summed E-state index contributed by atoms with van der Waals surface area (Å²) in [6.07, 6.45) is 1.48. The van der Waals surface area contributed by atoms with Crippen molar-refractivity contribution in [1.29, 1.82) is 0 Å². The number of aromatic amines is 1. The Morgan fingerprint density at radius 3 is 2.90 bits per heavy atom. The molecule has 164 valence electrons. The number of pyridine rings is 1. The Morgan fingerprint density at radius 2 is 2.19 bits per heavy atom. The highest BCUT2D eigenvalue weighted by molar-refractivity contribution is 7.20. The molecule has 1 aliphatic heterocycles. The first-order chi connectivity index (χ1) is 14.8. The molecule has 4 rings (SSSR count). The van der Waals surface area contributed by atoms with E-state index in [0.717, 1.165) is 15.8 Å². The third-order valence-corrected chi connectivity index (χ3v) is 6.35. The number of carbonyl (C=O) groups excluding carboxylic acids is 2. The molecule has 1 N–H and O–H groups in total. The van der Waals surface area contributed by atoms with E-state index in [0.29, 0.717) is 36.2 Å². The number of morpholine rings is 1. The molecular formula is C21H26N6O3S. The summed E-state index contributed by atoms with van der Waals surface area (Å²) in [4.78, 5) is 39.3. The summed E-state index contributed by atoms with van der Waals surface area (Å²) in [6.45, 7) is 5.29. The van der Waals surface area contributed by atoms with Crippen LogP contribution in [0.15, 0.2) is 18.3 Å². The minimum atomic E-state index is -0.393. The fourth-order valence-corrected chi connectivity index (χ4v) is 4.80. The van der Waals surface area contributed by atoms with E-state index in [1.54, 1.807) is 30.1 Å². The van der Waals surface area contributed by atoms with Gasteiger partial charge in [0.05, 0.1) is 19.6 Å². The first-order valence-electron chi connectivity index (χ1n) is 10.2. The van der Waals surface area contributed by atoms with Crippen molar-refractivity contribution in [2.24, 2.45) is 0 Å². The minimum absolute atomic E-state index is 0.0436. The lowest BCUT2D eigenvalue weighted by molar-refractivity contribution is -0.138. The van der Waals surface area contributed by atoms with Gasteiger partial charge < -0.3 is 14.5 Å². The molecule has 1 atom stereocenters. The topological polar surface area (TPSA) is 104 Å². The number of amides is 2. The number of carbonyl (C=O) groups is 2. The van der Waals surface area contributed by atoms with Gasteiger partial charge in [0.1, 0.15) is 21.6 Å². The van der Waals surface area contributed by atoms with Crippen molar-refractivity contribution in [3.63, 3.8) is 0 Å². The summed E-state index contributed by atoms with van der Waals surface area (Å²) in [5.74, 6) is 1.32. The SMILES string of the molecule is CC(C)c1n[nH]c(CC(=O)N2CCOC(c3c(C(=O)N(C)C)sc4ncccc34)C2)n1. The van der Waals surface area contributed by atoms with Crippen molar-refractivity contribution >= 4 is 33.4 Å². The second-order valence-corrected chi connectivity index (χ2v) is 9.07. The molecule has 0 spiro atoms.